The van der Waals surface area contributed by atoms with Crippen LogP contribution in [0.3, 0.4) is 0 Å². The second-order valence-electron chi connectivity index (χ2n) is 4.80. The van der Waals surface area contributed by atoms with Gasteiger partial charge in [-0.3, -0.25) is 9.88 Å². The van der Waals surface area contributed by atoms with Gasteiger partial charge in [-0.15, -0.1) is 11.3 Å². The van der Waals surface area contributed by atoms with Crippen molar-refractivity contribution >= 4 is 11.3 Å². The van der Waals surface area contributed by atoms with E-state index in [9.17, 15) is 0 Å². The average molecular weight is 239 g/mol. The Morgan fingerprint density at radius 3 is 3.19 bits per heavy atom. The predicted molar refractivity (Wildman–Crippen MR) is 68.7 cm³/mol. The maximum Gasteiger partial charge on any atom is 0.0794 e. The fourth-order valence-electron chi connectivity index (χ4n) is 2.23. The summed E-state index contributed by atoms with van der Waals surface area (Å²) in [5.41, 5.74) is 1.92. The van der Waals surface area contributed by atoms with Crippen LogP contribution in [0.15, 0.2) is 11.7 Å². The van der Waals surface area contributed by atoms with Crippen molar-refractivity contribution in [1.29, 1.82) is 0 Å². The van der Waals surface area contributed by atoms with Crippen LogP contribution in [0.2, 0.25) is 0 Å². The summed E-state index contributed by atoms with van der Waals surface area (Å²) < 4.78 is 0. The number of hydrogen-bond acceptors (Lipinski definition) is 4. The van der Waals surface area contributed by atoms with E-state index in [1.807, 2.05) is 11.7 Å². The Labute approximate surface area is 102 Å². The highest BCUT2D eigenvalue weighted by atomic mass is 32.1. The van der Waals surface area contributed by atoms with E-state index in [0.717, 1.165) is 13.1 Å². The summed E-state index contributed by atoms with van der Waals surface area (Å²) in [5.74, 6) is 0. The van der Waals surface area contributed by atoms with Gasteiger partial charge >= 0.3 is 0 Å². The third kappa shape index (κ3) is 3.27. The molecule has 0 saturated carbocycles. The van der Waals surface area contributed by atoms with Gasteiger partial charge < -0.3 is 5.32 Å². The van der Waals surface area contributed by atoms with E-state index >= 15 is 0 Å². The number of hydrogen-bond donors (Lipinski definition) is 1. The van der Waals surface area contributed by atoms with Gasteiger partial charge in [-0.1, -0.05) is 13.8 Å². The highest BCUT2D eigenvalue weighted by molar-refractivity contribution is 7.09. The lowest BCUT2D eigenvalue weighted by atomic mass is 10.2. The first kappa shape index (κ1) is 12.0. The molecule has 4 heteroatoms. The fraction of sp³-hybridized carbons (Fsp3) is 0.750. The number of thiazole rings is 1. The summed E-state index contributed by atoms with van der Waals surface area (Å²) in [6.45, 7) is 7.86. The van der Waals surface area contributed by atoms with Gasteiger partial charge in [-0.25, -0.2) is 0 Å². The molecule has 2 rings (SSSR count). The zero-order chi connectivity index (χ0) is 11.4. The molecule has 0 spiro atoms. The topological polar surface area (TPSA) is 28.2 Å². The van der Waals surface area contributed by atoms with Crippen LogP contribution in [0.5, 0.6) is 0 Å². The summed E-state index contributed by atoms with van der Waals surface area (Å²) >= 11 is 1.76. The minimum absolute atomic E-state index is 0.589. The van der Waals surface area contributed by atoms with Crippen LogP contribution < -0.4 is 5.32 Å². The maximum atomic E-state index is 4.14. The smallest absolute Gasteiger partial charge is 0.0794 e. The van der Waals surface area contributed by atoms with Crippen molar-refractivity contribution in [2.24, 2.45) is 0 Å². The van der Waals surface area contributed by atoms with Crippen LogP contribution in [0.1, 0.15) is 31.6 Å². The molecule has 0 bridgehead atoms. The molecule has 0 amide bonds. The SMILES string of the molecule is CC(C)NCC1CCCN1Cc1cncs1. The molecule has 0 aromatic carbocycles. The van der Waals surface area contributed by atoms with Gasteiger partial charge in [0, 0.05) is 36.2 Å². The van der Waals surface area contributed by atoms with E-state index < -0.39 is 0 Å². The second kappa shape index (κ2) is 5.75. The van der Waals surface area contributed by atoms with Crippen LogP contribution in [-0.2, 0) is 6.54 Å². The van der Waals surface area contributed by atoms with E-state index in [4.69, 9.17) is 0 Å². The van der Waals surface area contributed by atoms with Crippen molar-refractivity contribution in [3.63, 3.8) is 0 Å². The Morgan fingerprint density at radius 2 is 2.50 bits per heavy atom. The molecule has 2 heterocycles. The summed E-state index contributed by atoms with van der Waals surface area (Å²) in [6, 6.07) is 1.30. The maximum absolute atomic E-state index is 4.14. The molecule has 1 unspecified atom stereocenters. The largest absolute Gasteiger partial charge is 0.313 e. The van der Waals surface area contributed by atoms with Crippen molar-refractivity contribution in [3.05, 3.63) is 16.6 Å². The van der Waals surface area contributed by atoms with Gasteiger partial charge in [0.05, 0.1) is 5.51 Å². The first-order chi connectivity index (χ1) is 7.75. The second-order valence-corrected chi connectivity index (χ2v) is 5.77. The summed E-state index contributed by atoms with van der Waals surface area (Å²) in [7, 11) is 0. The van der Waals surface area contributed by atoms with E-state index in [2.05, 4.69) is 29.0 Å². The molecule has 3 nitrogen and oxygen atoms in total. The first-order valence-corrected chi connectivity index (χ1v) is 6.98. The minimum Gasteiger partial charge on any atom is -0.313 e. The Morgan fingerprint density at radius 1 is 1.62 bits per heavy atom. The molecule has 1 aliphatic heterocycles. The van der Waals surface area contributed by atoms with Crippen molar-refractivity contribution in [2.75, 3.05) is 13.1 Å². The molecule has 90 valence electrons. The third-order valence-corrected chi connectivity index (χ3v) is 3.87. The van der Waals surface area contributed by atoms with Gasteiger partial charge in [0.1, 0.15) is 0 Å². The molecule has 1 fully saturated rings. The minimum atomic E-state index is 0.589. The normalized spacial score (nSPS) is 22.1. The zero-order valence-electron chi connectivity index (χ0n) is 10.1. The zero-order valence-corrected chi connectivity index (χ0v) is 11.0. The fourth-order valence-corrected chi connectivity index (χ4v) is 2.85. The Bertz CT molecular complexity index is 297. The van der Waals surface area contributed by atoms with Crippen molar-refractivity contribution in [3.8, 4) is 0 Å². The molecule has 0 radical (unpaired) electrons. The highest BCUT2D eigenvalue weighted by Crippen LogP contribution is 2.20. The Balaban J connectivity index is 1.83. The number of nitrogens with one attached hydrogen (secondary N) is 1. The van der Waals surface area contributed by atoms with E-state index in [1.54, 1.807) is 11.3 Å². The van der Waals surface area contributed by atoms with E-state index in [-0.39, 0.29) is 0 Å². The number of aromatic nitrogens is 1. The number of nitrogens with zero attached hydrogens (tertiary/aromatic N) is 2. The standard InChI is InChI=1S/C12H21N3S/c1-10(2)14-6-11-4-3-5-15(11)8-12-7-13-9-16-12/h7,9-11,14H,3-6,8H2,1-2H3. The lowest BCUT2D eigenvalue weighted by Gasteiger charge is -2.24. The van der Waals surface area contributed by atoms with Gasteiger partial charge in [-0.05, 0) is 19.4 Å². The monoisotopic (exact) mass is 239 g/mol. The number of likely N-dealkylation sites (tertiary alicyclic amines) is 1. The van der Waals surface area contributed by atoms with Gasteiger partial charge in [0.15, 0.2) is 0 Å². The molecule has 1 aromatic heterocycles. The molecule has 16 heavy (non-hydrogen) atoms. The molecular formula is C12H21N3S. The summed E-state index contributed by atoms with van der Waals surface area (Å²) in [6.07, 6.45) is 4.66. The Kier molecular flexibility index (Phi) is 4.32. The Hall–Kier alpha value is -0.450. The van der Waals surface area contributed by atoms with Gasteiger partial charge in [0.25, 0.3) is 0 Å². The first-order valence-electron chi connectivity index (χ1n) is 6.10. The van der Waals surface area contributed by atoms with Crippen LogP contribution >= 0.6 is 11.3 Å². The molecule has 1 aliphatic rings. The lowest BCUT2D eigenvalue weighted by Crippen LogP contribution is -2.39. The summed E-state index contributed by atoms with van der Waals surface area (Å²) in [5, 5.41) is 3.54. The molecular weight excluding hydrogens is 218 g/mol. The molecule has 0 aliphatic carbocycles. The van der Waals surface area contributed by atoms with E-state index in [0.29, 0.717) is 12.1 Å². The van der Waals surface area contributed by atoms with Crippen molar-refractivity contribution in [2.45, 2.75) is 45.3 Å². The molecule has 1 N–H and O–H groups in total. The van der Waals surface area contributed by atoms with Crippen LogP contribution in [-0.4, -0.2) is 35.1 Å². The third-order valence-electron chi connectivity index (χ3n) is 3.10. The highest BCUT2D eigenvalue weighted by Gasteiger charge is 2.24. The summed E-state index contributed by atoms with van der Waals surface area (Å²) in [4.78, 5) is 8.11. The van der Waals surface area contributed by atoms with Crippen LogP contribution in [0.4, 0.5) is 0 Å². The number of rotatable bonds is 5. The molecule has 1 atom stereocenters. The molecule has 1 saturated heterocycles. The van der Waals surface area contributed by atoms with Crippen LogP contribution in [0, 0.1) is 0 Å². The van der Waals surface area contributed by atoms with Crippen molar-refractivity contribution in [1.82, 2.24) is 15.2 Å². The van der Waals surface area contributed by atoms with Crippen molar-refractivity contribution < 1.29 is 0 Å². The average Bonchev–Trinajstić information content (AvgIpc) is 2.87. The quantitative estimate of drug-likeness (QED) is 0.853. The van der Waals surface area contributed by atoms with E-state index in [1.165, 1.54) is 24.3 Å². The lowest BCUT2D eigenvalue weighted by molar-refractivity contribution is 0.238. The van der Waals surface area contributed by atoms with Gasteiger partial charge in [0.2, 0.25) is 0 Å². The molecule has 1 aromatic rings. The van der Waals surface area contributed by atoms with Crippen LogP contribution in [0.25, 0.3) is 0 Å². The van der Waals surface area contributed by atoms with Gasteiger partial charge in [-0.2, -0.15) is 0 Å². The predicted octanol–water partition coefficient (Wildman–Crippen LogP) is 2.11.